The number of rotatable bonds is 5. The van der Waals surface area contributed by atoms with Gasteiger partial charge in [0, 0.05) is 24.9 Å². The van der Waals surface area contributed by atoms with Crippen LogP contribution in [0.5, 0.6) is 11.5 Å². The quantitative estimate of drug-likeness (QED) is 0.708. The van der Waals surface area contributed by atoms with Crippen LogP contribution in [0.3, 0.4) is 0 Å². The average Bonchev–Trinajstić information content (AvgIpc) is 3.27. The second kappa shape index (κ2) is 7.05. The number of nitrogens with one attached hydrogen (secondary N) is 1. The molecule has 7 heteroatoms. The van der Waals surface area contributed by atoms with Crippen molar-refractivity contribution in [2.75, 3.05) is 25.6 Å². The number of hydrogen-bond donors (Lipinski definition) is 2. The van der Waals surface area contributed by atoms with Gasteiger partial charge in [-0.1, -0.05) is 11.6 Å². The molecular formula is C19H20ClN3O3. The number of benzene rings is 1. The second-order valence-electron chi connectivity index (χ2n) is 6.29. The number of anilines is 1. The van der Waals surface area contributed by atoms with Gasteiger partial charge in [-0.05, 0) is 43.2 Å². The molecule has 0 aliphatic carbocycles. The Balaban J connectivity index is 1.77. The molecule has 1 saturated heterocycles. The summed E-state index contributed by atoms with van der Waals surface area (Å²) in [5.41, 5.74) is 2.30. The third-order valence-electron chi connectivity index (χ3n) is 4.56. The van der Waals surface area contributed by atoms with Crippen molar-refractivity contribution in [3.05, 3.63) is 41.6 Å². The monoisotopic (exact) mass is 373 g/mol. The number of phenolic OH excluding ortho intramolecular Hbond substituents is 1. The van der Waals surface area contributed by atoms with Crippen LogP contribution in [0.25, 0.3) is 16.9 Å². The molecule has 1 aliphatic heterocycles. The van der Waals surface area contributed by atoms with Gasteiger partial charge >= 0.3 is 0 Å². The minimum Gasteiger partial charge on any atom is -0.504 e. The Labute approximate surface area is 156 Å². The summed E-state index contributed by atoms with van der Waals surface area (Å²) in [5, 5.41) is 14.2. The second-order valence-corrected chi connectivity index (χ2v) is 6.72. The van der Waals surface area contributed by atoms with Crippen molar-refractivity contribution in [2.24, 2.45) is 0 Å². The molecule has 2 N–H and O–H groups in total. The topological polar surface area (TPSA) is 68.0 Å². The average molecular weight is 374 g/mol. The Morgan fingerprint density at radius 2 is 2.27 bits per heavy atom. The highest BCUT2D eigenvalue weighted by atomic mass is 35.5. The van der Waals surface area contributed by atoms with Crippen LogP contribution in [0.1, 0.15) is 12.8 Å². The maximum atomic E-state index is 10.1. The van der Waals surface area contributed by atoms with E-state index in [0.29, 0.717) is 17.3 Å². The molecule has 0 unspecified atom stereocenters. The van der Waals surface area contributed by atoms with E-state index in [9.17, 15) is 5.11 Å². The first-order chi connectivity index (χ1) is 12.7. The smallest absolute Gasteiger partial charge is 0.160 e. The number of pyridine rings is 1. The summed E-state index contributed by atoms with van der Waals surface area (Å²) < 4.78 is 12.8. The molecule has 4 rings (SSSR count). The Hall–Kier alpha value is -2.44. The van der Waals surface area contributed by atoms with E-state index in [4.69, 9.17) is 26.1 Å². The predicted molar refractivity (Wildman–Crippen MR) is 101 cm³/mol. The van der Waals surface area contributed by atoms with Gasteiger partial charge in [0.25, 0.3) is 0 Å². The predicted octanol–water partition coefficient (Wildman–Crippen LogP) is 3.96. The minimum atomic E-state index is 0.0742. The number of ether oxygens (including phenoxy) is 2. The molecule has 1 aliphatic rings. The van der Waals surface area contributed by atoms with Crippen LogP contribution in [-0.4, -0.2) is 40.9 Å². The fourth-order valence-corrected chi connectivity index (χ4v) is 3.40. The largest absolute Gasteiger partial charge is 0.504 e. The maximum absolute atomic E-state index is 10.1. The molecule has 0 saturated carbocycles. The zero-order valence-corrected chi connectivity index (χ0v) is 15.2. The summed E-state index contributed by atoms with van der Waals surface area (Å²) in [4.78, 5) is 4.71. The third-order valence-corrected chi connectivity index (χ3v) is 4.78. The van der Waals surface area contributed by atoms with Gasteiger partial charge in [0.1, 0.15) is 17.2 Å². The van der Waals surface area contributed by atoms with Gasteiger partial charge in [-0.3, -0.25) is 4.40 Å². The van der Waals surface area contributed by atoms with Crippen LogP contribution in [0.2, 0.25) is 5.02 Å². The van der Waals surface area contributed by atoms with Gasteiger partial charge in [0.05, 0.1) is 18.2 Å². The summed E-state index contributed by atoms with van der Waals surface area (Å²) in [6.07, 6.45) is 4.15. The molecule has 1 aromatic carbocycles. The molecule has 26 heavy (non-hydrogen) atoms. The van der Waals surface area contributed by atoms with E-state index in [1.54, 1.807) is 12.1 Å². The van der Waals surface area contributed by atoms with Gasteiger partial charge in [0.15, 0.2) is 11.5 Å². The lowest BCUT2D eigenvalue weighted by Crippen LogP contribution is -2.19. The van der Waals surface area contributed by atoms with Crippen molar-refractivity contribution in [1.82, 2.24) is 9.38 Å². The summed E-state index contributed by atoms with van der Waals surface area (Å²) in [6, 6.07) is 8.93. The maximum Gasteiger partial charge on any atom is 0.160 e. The lowest BCUT2D eigenvalue weighted by atomic mass is 10.1. The molecular weight excluding hydrogens is 354 g/mol. The molecule has 6 nitrogen and oxygen atoms in total. The summed E-state index contributed by atoms with van der Waals surface area (Å²) in [6.45, 7) is 1.50. The van der Waals surface area contributed by atoms with Crippen LogP contribution < -0.4 is 10.1 Å². The SMILES string of the molecule is COc1ccc(-c2nc3ccc(Cl)cn3c2NC[C@H]2CCCO2)cc1O. The highest BCUT2D eigenvalue weighted by molar-refractivity contribution is 6.30. The minimum absolute atomic E-state index is 0.0742. The van der Waals surface area contributed by atoms with Crippen molar-refractivity contribution in [1.29, 1.82) is 0 Å². The zero-order valence-electron chi connectivity index (χ0n) is 14.4. The molecule has 136 valence electrons. The number of phenols is 1. The number of hydrogen-bond acceptors (Lipinski definition) is 5. The van der Waals surface area contributed by atoms with E-state index in [1.807, 2.05) is 28.8 Å². The van der Waals surface area contributed by atoms with E-state index < -0.39 is 0 Å². The highest BCUT2D eigenvalue weighted by Gasteiger charge is 2.19. The van der Waals surface area contributed by atoms with Gasteiger partial charge in [-0.15, -0.1) is 0 Å². The lowest BCUT2D eigenvalue weighted by Gasteiger charge is -2.13. The lowest BCUT2D eigenvalue weighted by molar-refractivity contribution is 0.120. The van der Waals surface area contributed by atoms with Crippen molar-refractivity contribution in [3.63, 3.8) is 0 Å². The molecule has 0 bridgehead atoms. The van der Waals surface area contributed by atoms with Crippen molar-refractivity contribution < 1.29 is 14.6 Å². The van der Waals surface area contributed by atoms with E-state index in [2.05, 4.69) is 5.32 Å². The van der Waals surface area contributed by atoms with Crippen molar-refractivity contribution >= 4 is 23.1 Å². The third kappa shape index (κ3) is 3.18. The van der Waals surface area contributed by atoms with E-state index in [-0.39, 0.29) is 11.9 Å². The molecule has 1 fully saturated rings. The van der Waals surface area contributed by atoms with E-state index in [0.717, 1.165) is 42.2 Å². The highest BCUT2D eigenvalue weighted by Crippen LogP contribution is 2.35. The Morgan fingerprint density at radius 1 is 1.38 bits per heavy atom. The molecule has 0 spiro atoms. The number of fused-ring (bicyclic) bond motifs is 1. The molecule has 0 amide bonds. The van der Waals surface area contributed by atoms with Crippen LogP contribution in [0.4, 0.5) is 5.82 Å². The molecule has 0 radical (unpaired) electrons. The molecule has 3 heterocycles. The number of imidazole rings is 1. The fourth-order valence-electron chi connectivity index (χ4n) is 3.24. The van der Waals surface area contributed by atoms with Crippen molar-refractivity contribution in [2.45, 2.75) is 18.9 Å². The molecule has 2 aromatic heterocycles. The van der Waals surface area contributed by atoms with Gasteiger partial charge in [0.2, 0.25) is 0 Å². The summed E-state index contributed by atoms with van der Waals surface area (Å²) >= 11 is 6.18. The van der Waals surface area contributed by atoms with Gasteiger partial charge < -0.3 is 19.9 Å². The van der Waals surface area contributed by atoms with E-state index in [1.165, 1.54) is 7.11 Å². The first kappa shape index (κ1) is 17.0. The van der Waals surface area contributed by atoms with Crippen LogP contribution in [-0.2, 0) is 4.74 Å². The first-order valence-electron chi connectivity index (χ1n) is 8.56. The van der Waals surface area contributed by atoms with Crippen molar-refractivity contribution in [3.8, 4) is 22.8 Å². The van der Waals surface area contributed by atoms with Crippen LogP contribution in [0.15, 0.2) is 36.5 Å². The van der Waals surface area contributed by atoms with E-state index >= 15 is 0 Å². The Kier molecular flexibility index (Phi) is 4.61. The summed E-state index contributed by atoms with van der Waals surface area (Å²) in [5.74, 6) is 1.32. The molecule has 3 aromatic rings. The number of halogens is 1. The number of aromatic nitrogens is 2. The zero-order chi connectivity index (χ0) is 18.1. The van der Waals surface area contributed by atoms with Gasteiger partial charge in [-0.2, -0.15) is 0 Å². The Bertz CT molecular complexity index is 935. The summed E-state index contributed by atoms with van der Waals surface area (Å²) in [7, 11) is 1.52. The Morgan fingerprint density at radius 3 is 3.00 bits per heavy atom. The number of aromatic hydroxyl groups is 1. The fraction of sp³-hybridized carbons (Fsp3) is 0.316. The number of nitrogens with zero attached hydrogens (tertiary/aromatic N) is 2. The standard InChI is InChI=1S/C19H20ClN3O3/c1-25-16-6-4-12(9-15(16)24)18-19(21-10-14-3-2-8-26-14)23-11-13(20)5-7-17(23)22-18/h4-7,9,11,14,21,24H,2-3,8,10H2,1H3/t14-/m1/s1. The first-order valence-corrected chi connectivity index (χ1v) is 8.94. The number of methoxy groups -OCH3 is 1. The normalized spacial score (nSPS) is 16.9. The van der Waals surface area contributed by atoms with Crippen LogP contribution in [0, 0.1) is 0 Å². The van der Waals surface area contributed by atoms with Gasteiger partial charge in [-0.25, -0.2) is 4.98 Å². The molecule has 1 atom stereocenters. The van der Waals surface area contributed by atoms with Crippen LogP contribution >= 0.6 is 11.6 Å².